The first-order valence-electron chi connectivity index (χ1n) is 11.8. The van der Waals surface area contributed by atoms with Crippen LogP contribution in [-0.4, -0.2) is 87.5 Å². The third-order valence-corrected chi connectivity index (χ3v) is 6.73. The number of nitrogens with two attached hydrogens (primary N) is 1. The van der Waals surface area contributed by atoms with Crippen LogP contribution in [-0.2, 0) is 4.79 Å². The molecule has 2 aliphatic rings. The van der Waals surface area contributed by atoms with Gasteiger partial charge in [-0.2, -0.15) is 0 Å². The summed E-state index contributed by atoms with van der Waals surface area (Å²) >= 11 is 0. The Hall–Kier alpha value is -3.87. The average molecular weight is 500 g/mol. The molecule has 5 heterocycles. The van der Waals surface area contributed by atoms with E-state index in [-0.39, 0.29) is 34.3 Å². The van der Waals surface area contributed by atoms with Gasteiger partial charge >= 0.3 is 0 Å². The number of likely N-dealkylation sites (N-methyl/N-ethyl adjacent to an activating group) is 1. The van der Waals surface area contributed by atoms with Crippen molar-refractivity contribution in [3.8, 4) is 0 Å². The Balaban J connectivity index is 1.30. The van der Waals surface area contributed by atoms with Crippen molar-refractivity contribution in [3.63, 3.8) is 0 Å². The fourth-order valence-electron chi connectivity index (χ4n) is 4.84. The minimum Gasteiger partial charge on any atom is -0.381 e. The standard InChI is InChI=1S/C23H27F2N9O2/c1-31-6-7-33(18(35)13-31)11-14-2-4-32(5-3-14)20-16(25)9-27-10-17(20)29-23(36)19-21(26)30-34-12-15(24)8-28-22(19)34/h8-10,12,14H,2-7,11,13H2,1H3,(H2,26,30)(H,29,36). The maximum atomic E-state index is 15.0. The highest BCUT2D eigenvalue weighted by Crippen LogP contribution is 2.33. The lowest BCUT2D eigenvalue weighted by Crippen LogP contribution is -2.51. The van der Waals surface area contributed by atoms with Gasteiger partial charge in [-0.25, -0.2) is 18.3 Å². The van der Waals surface area contributed by atoms with Gasteiger partial charge < -0.3 is 20.9 Å². The van der Waals surface area contributed by atoms with Crippen molar-refractivity contribution < 1.29 is 18.4 Å². The molecule has 2 aliphatic heterocycles. The number of anilines is 3. The lowest BCUT2D eigenvalue weighted by molar-refractivity contribution is -0.136. The number of aromatic nitrogens is 4. The van der Waals surface area contributed by atoms with E-state index in [2.05, 4.69) is 20.4 Å². The van der Waals surface area contributed by atoms with Gasteiger partial charge in [0.2, 0.25) is 5.91 Å². The highest BCUT2D eigenvalue weighted by molar-refractivity contribution is 6.12. The zero-order valence-electron chi connectivity index (χ0n) is 19.8. The van der Waals surface area contributed by atoms with Gasteiger partial charge in [0.05, 0.1) is 37.0 Å². The van der Waals surface area contributed by atoms with Gasteiger partial charge in [-0.15, -0.1) is 5.10 Å². The summed E-state index contributed by atoms with van der Waals surface area (Å²) in [6, 6.07) is 0. The van der Waals surface area contributed by atoms with E-state index < -0.39 is 17.5 Å². The minimum atomic E-state index is -0.654. The second-order valence-corrected chi connectivity index (χ2v) is 9.28. The molecule has 11 nitrogen and oxygen atoms in total. The Morgan fingerprint density at radius 3 is 2.69 bits per heavy atom. The smallest absolute Gasteiger partial charge is 0.263 e. The number of halogens is 2. The van der Waals surface area contributed by atoms with Gasteiger partial charge in [-0.3, -0.25) is 19.5 Å². The van der Waals surface area contributed by atoms with Crippen LogP contribution in [0.25, 0.3) is 5.65 Å². The molecule has 2 saturated heterocycles. The van der Waals surface area contributed by atoms with E-state index in [9.17, 15) is 18.4 Å². The maximum absolute atomic E-state index is 15.0. The third-order valence-electron chi connectivity index (χ3n) is 6.73. The topological polar surface area (TPSA) is 125 Å². The summed E-state index contributed by atoms with van der Waals surface area (Å²) in [6.07, 6.45) is 6.07. The van der Waals surface area contributed by atoms with Gasteiger partial charge in [0.15, 0.2) is 23.1 Å². The number of fused-ring (bicyclic) bond motifs is 1. The van der Waals surface area contributed by atoms with E-state index in [0.29, 0.717) is 32.1 Å². The summed E-state index contributed by atoms with van der Waals surface area (Å²) in [4.78, 5) is 39.0. The first kappa shape index (κ1) is 23.9. The van der Waals surface area contributed by atoms with Crippen LogP contribution >= 0.6 is 0 Å². The number of piperidine rings is 1. The zero-order valence-corrected chi connectivity index (χ0v) is 19.8. The van der Waals surface area contributed by atoms with Crippen molar-refractivity contribution >= 4 is 34.7 Å². The van der Waals surface area contributed by atoms with Crippen LogP contribution in [0.2, 0.25) is 0 Å². The van der Waals surface area contributed by atoms with Crippen LogP contribution < -0.4 is 16.0 Å². The van der Waals surface area contributed by atoms with Gasteiger partial charge in [-0.1, -0.05) is 0 Å². The molecule has 0 spiro atoms. The molecule has 0 radical (unpaired) electrons. The normalized spacial score (nSPS) is 17.7. The molecule has 3 aromatic heterocycles. The van der Waals surface area contributed by atoms with Crippen molar-refractivity contribution in [1.29, 1.82) is 0 Å². The summed E-state index contributed by atoms with van der Waals surface area (Å²) < 4.78 is 29.5. The molecular formula is C23H27F2N9O2. The van der Waals surface area contributed by atoms with E-state index in [4.69, 9.17) is 5.73 Å². The number of hydrogen-bond acceptors (Lipinski definition) is 8. The Kier molecular flexibility index (Phi) is 6.39. The van der Waals surface area contributed by atoms with Gasteiger partial charge in [-0.05, 0) is 25.8 Å². The summed E-state index contributed by atoms with van der Waals surface area (Å²) in [5.74, 6) is -1.51. The predicted octanol–water partition coefficient (Wildman–Crippen LogP) is 1.23. The lowest BCUT2D eigenvalue weighted by atomic mass is 9.95. The molecule has 2 fully saturated rings. The highest BCUT2D eigenvalue weighted by atomic mass is 19.1. The Morgan fingerprint density at radius 2 is 1.94 bits per heavy atom. The molecule has 0 aliphatic carbocycles. The number of carbonyl (C=O) groups excluding carboxylic acids is 2. The van der Waals surface area contributed by atoms with E-state index in [1.54, 1.807) is 0 Å². The van der Waals surface area contributed by atoms with Crippen molar-refractivity contribution in [1.82, 2.24) is 29.4 Å². The van der Waals surface area contributed by atoms with Crippen molar-refractivity contribution in [2.45, 2.75) is 12.8 Å². The number of nitrogens with zero attached hydrogens (tertiary/aromatic N) is 7. The fraction of sp³-hybridized carbons (Fsp3) is 0.435. The number of rotatable bonds is 5. The van der Waals surface area contributed by atoms with Crippen LogP contribution in [0.4, 0.5) is 26.0 Å². The summed E-state index contributed by atoms with van der Waals surface area (Å²) in [6.45, 7) is 3.85. The van der Waals surface area contributed by atoms with E-state index in [1.165, 1.54) is 6.20 Å². The molecule has 0 unspecified atom stereocenters. The van der Waals surface area contributed by atoms with Gasteiger partial charge in [0.25, 0.3) is 5.91 Å². The largest absolute Gasteiger partial charge is 0.381 e. The van der Waals surface area contributed by atoms with Crippen molar-refractivity contribution in [2.75, 3.05) is 62.3 Å². The lowest BCUT2D eigenvalue weighted by Gasteiger charge is -2.38. The maximum Gasteiger partial charge on any atom is 0.263 e. The van der Waals surface area contributed by atoms with E-state index >= 15 is 0 Å². The molecule has 0 bridgehead atoms. The summed E-state index contributed by atoms with van der Waals surface area (Å²) in [5, 5.41) is 6.61. The van der Waals surface area contributed by atoms with Crippen molar-refractivity contribution in [3.05, 3.63) is 42.0 Å². The number of nitrogens with one attached hydrogen (secondary N) is 1. The Labute approximate surface area is 205 Å². The molecule has 190 valence electrons. The van der Waals surface area contributed by atoms with E-state index in [1.807, 2.05) is 21.7 Å². The monoisotopic (exact) mass is 499 g/mol. The number of piperazine rings is 1. The third kappa shape index (κ3) is 4.65. The van der Waals surface area contributed by atoms with Crippen LogP contribution in [0.1, 0.15) is 23.2 Å². The molecule has 36 heavy (non-hydrogen) atoms. The number of hydrogen-bond donors (Lipinski definition) is 2. The zero-order chi connectivity index (χ0) is 25.4. The van der Waals surface area contributed by atoms with Crippen LogP contribution in [0.15, 0.2) is 24.8 Å². The van der Waals surface area contributed by atoms with Crippen LogP contribution in [0.3, 0.4) is 0 Å². The van der Waals surface area contributed by atoms with E-state index in [0.717, 1.165) is 49.0 Å². The first-order valence-corrected chi connectivity index (χ1v) is 11.8. The summed E-state index contributed by atoms with van der Waals surface area (Å²) in [5.41, 5.74) is 6.36. The molecule has 2 amide bonds. The SMILES string of the molecule is CN1CCN(CC2CCN(c3c(F)cncc3NC(=O)c3c(N)nn4cc(F)cnc34)CC2)C(=O)C1. The average Bonchev–Trinajstić information content (AvgIpc) is 3.16. The number of carbonyl (C=O) groups is 2. The quantitative estimate of drug-likeness (QED) is 0.537. The predicted molar refractivity (Wildman–Crippen MR) is 129 cm³/mol. The number of nitrogen functional groups attached to an aromatic ring is 1. The fourth-order valence-corrected chi connectivity index (χ4v) is 4.84. The molecule has 3 N–H and O–H groups in total. The Bertz CT molecular complexity index is 1310. The summed E-state index contributed by atoms with van der Waals surface area (Å²) in [7, 11) is 1.94. The molecular weight excluding hydrogens is 472 g/mol. The second-order valence-electron chi connectivity index (χ2n) is 9.28. The Morgan fingerprint density at radius 1 is 1.17 bits per heavy atom. The molecule has 3 aromatic rings. The number of amides is 2. The van der Waals surface area contributed by atoms with Crippen LogP contribution in [0, 0.1) is 17.6 Å². The molecule has 0 saturated carbocycles. The van der Waals surface area contributed by atoms with Crippen molar-refractivity contribution in [2.24, 2.45) is 5.92 Å². The molecule has 0 aromatic carbocycles. The second kappa shape index (κ2) is 9.64. The van der Waals surface area contributed by atoms with Gasteiger partial charge in [0, 0.05) is 32.7 Å². The molecule has 5 rings (SSSR count). The minimum absolute atomic E-state index is 0.0410. The van der Waals surface area contributed by atoms with Gasteiger partial charge in [0.1, 0.15) is 11.3 Å². The first-order chi connectivity index (χ1) is 17.3. The molecule has 0 atom stereocenters. The molecule has 13 heteroatoms. The number of pyridine rings is 1. The van der Waals surface area contributed by atoms with Crippen LogP contribution in [0.5, 0.6) is 0 Å². The highest BCUT2D eigenvalue weighted by Gasteiger charge is 2.29.